The summed E-state index contributed by atoms with van der Waals surface area (Å²) in [6, 6.07) is 6.08. The Morgan fingerprint density at radius 2 is 2.17 bits per heavy atom. The quantitative estimate of drug-likeness (QED) is 0.917. The zero-order valence-electron chi connectivity index (χ0n) is 12.1. The third-order valence-corrected chi connectivity index (χ3v) is 4.74. The first kappa shape index (κ1) is 16.0. The Morgan fingerprint density at radius 3 is 2.83 bits per heavy atom. The molecule has 1 aliphatic carbocycles. The van der Waals surface area contributed by atoms with Crippen LogP contribution in [-0.4, -0.2) is 24.5 Å². The number of primary sulfonamides is 1. The molecule has 1 fully saturated rings. The fourth-order valence-electron chi connectivity index (χ4n) is 2.68. The van der Waals surface area contributed by atoms with Crippen molar-refractivity contribution in [1.29, 1.82) is 0 Å². The summed E-state index contributed by atoms with van der Waals surface area (Å²) < 4.78 is 54.2. The highest BCUT2D eigenvalue weighted by Crippen LogP contribution is 2.43. The first-order valence-electron chi connectivity index (χ1n) is 7.05. The summed E-state index contributed by atoms with van der Waals surface area (Å²) in [5.74, 6) is -2.58. The predicted octanol–water partition coefficient (Wildman–Crippen LogP) is 2.21. The van der Waals surface area contributed by atoms with Crippen molar-refractivity contribution in [2.45, 2.75) is 42.4 Å². The van der Waals surface area contributed by atoms with Crippen molar-refractivity contribution in [2.24, 2.45) is 5.14 Å². The van der Waals surface area contributed by atoms with Gasteiger partial charge in [-0.3, -0.25) is 0 Å². The third-order valence-electron chi connectivity index (χ3n) is 3.83. The second-order valence-electron chi connectivity index (χ2n) is 5.71. The third kappa shape index (κ3) is 3.73. The first-order valence-corrected chi connectivity index (χ1v) is 8.60. The van der Waals surface area contributed by atoms with E-state index in [0.29, 0.717) is 17.8 Å². The Kier molecular flexibility index (Phi) is 3.93. The molecule has 0 bridgehead atoms. The second kappa shape index (κ2) is 5.64. The van der Waals surface area contributed by atoms with E-state index >= 15 is 0 Å². The molecule has 0 saturated heterocycles. The summed E-state index contributed by atoms with van der Waals surface area (Å²) in [6.45, 7) is 0. The van der Waals surface area contributed by atoms with E-state index in [9.17, 15) is 17.2 Å². The van der Waals surface area contributed by atoms with Gasteiger partial charge in [-0.15, -0.1) is 0 Å². The molecule has 3 rings (SSSR count). The summed E-state index contributed by atoms with van der Waals surface area (Å²) in [6.07, 6.45) is 0.0901. The number of nitrogens with two attached hydrogens (primary N) is 1. The highest BCUT2D eigenvalue weighted by molar-refractivity contribution is 7.89. The van der Waals surface area contributed by atoms with Gasteiger partial charge in [-0.25, -0.2) is 22.3 Å². The zero-order valence-corrected chi connectivity index (χ0v) is 12.9. The van der Waals surface area contributed by atoms with Gasteiger partial charge < -0.3 is 4.52 Å². The minimum Gasteiger partial charge on any atom is -0.339 e. The van der Waals surface area contributed by atoms with Crippen molar-refractivity contribution >= 4 is 10.0 Å². The number of halogens is 2. The Morgan fingerprint density at radius 1 is 1.39 bits per heavy atom. The van der Waals surface area contributed by atoms with Crippen LogP contribution in [0.5, 0.6) is 0 Å². The molecule has 1 heterocycles. The lowest BCUT2D eigenvalue weighted by Gasteiger charge is -2.06. The van der Waals surface area contributed by atoms with Crippen LogP contribution in [0.3, 0.4) is 0 Å². The van der Waals surface area contributed by atoms with Crippen LogP contribution >= 0.6 is 0 Å². The van der Waals surface area contributed by atoms with E-state index < -0.39 is 21.9 Å². The summed E-state index contributed by atoms with van der Waals surface area (Å²) in [5, 5.41) is 8.87. The van der Waals surface area contributed by atoms with Gasteiger partial charge in [0.2, 0.25) is 21.8 Å². The maximum atomic E-state index is 13.2. The molecule has 2 aromatic rings. The Bertz CT molecular complexity index is 820. The Hall–Kier alpha value is -1.87. The molecule has 23 heavy (non-hydrogen) atoms. The molecule has 1 unspecified atom stereocenters. The smallest absolute Gasteiger partial charge is 0.248 e. The van der Waals surface area contributed by atoms with Gasteiger partial charge in [0.1, 0.15) is 0 Å². The molecular weight excluding hydrogens is 328 g/mol. The molecule has 0 spiro atoms. The largest absolute Gasteiger partial charge is 0.339 e. The Balaban J connectivity index is 1.75. The van der Waals surface area contributed by atoms with E-state index in [0.717, 1.165) is 0 Å². The average molecular weight is 343 g/mol. The van der Waals surface area contributed by atoms with Gasteiger partial charge in [-0.1, -0.05) is 17.3 Å². The molecule has 1 aromatic heterocycles. The maximum absolute atomic E-state index is 13.2. The topological polar surface area (TPSA) is 99.1 Å². The Labute approximate surface area is 131 Å². The molecule has 1 aromatic carbocycles. The SMILES string of the molecule is NS(=O)(=O)c1cccc(Cc2noc(C3CCC(F)(F)C3)n2)c1. The van der Waals surface area contributed by atoms with Gasteiger partial charge in [0.25, 0.3) is 0 Å². The van der Waals surface area contributed by atoms with E-state index in [-0.39, 0.29) is 30.0 Å². The lowest BCUT2D eigenvalue weighted by atomic mass is 10.1. The van der Waals surface area contributed by atoms with Crippen molar-refractivity contribution in [1.82, 2.24) is 10.1 Å². The highest BCUT2D eigenvalue weighted by atomic mass is 32.2. The van der Waals surface area contributed by atoms with E-state index in [2.05, 4.69) is 10.1 Å². The zero-order chi connectivity index (χ0) is 16.7. The molecule has 0 radical (unpaired) electrons. The van der Waals surface area contributed by atoms with Crippen molar-refractivity contribution in [3.63, 3.8) is 0 Å². The molecule has 0 amide bonds. The van der Waals surface area contributed by atoms with Crippen LogP contribution in [0, 0.1) is 0 Å². The molecule has 2 N–H and O–H groups in total. The average Bonchev–Trinajstić information content (AvgIpc) is 3.04. The van der Waals surface area contributed by atoms with Crippen molar-refractivity contribution in [3.05, 3.63) is 41.5 Å². The lowest BCUT2D eigenvalue weighted by molar-refractivity contribution is 0.00689. The van der Waals surface area contributed by atoms with Crippen molar-refractivity contribution < 1.29 is 21.7 Å². The highest BCUT2D eigenvalue weighted by Gasteiger charge is 2.42. The van der Waals surface area contributed by atoms with Crippen LogP contribution in [0.4, 0.5) is 8.78 Å². The van der Waals surface area contributed by atoms with Crippen LogP contribution < -0.4 is 5.14 Å². The molecular formula is C14H15F2N3O3S. The van der Waals surface area contributed by atoms with Crippen LogP contribution in [0.25, 0.3) is 0 Å². The molecule has 6 nitrogen and oxygen atoms in total. The van der Waals surface area contributed by atoms with Gasteiger partial charge in [0, 0.05) is 25.2 Å². The molecule has 9 heteroatoms. The number of benzene rings is 1. The fraction of sp³-hybridized carbons (Fsp3) is 0.429. The number of nitrogens with zero attached hydrogens (tertiary/aromatic N) is 2. The van der Waals surface area contributed by atoms with Gasteiger partial charge in [-0.2, -0.15) is 4.98 Å². The fourth-order valence-corrected chi connectivity index (χ4v) is 3.26. The van der Waals surface area contributed by atoms with E-state index in [4.69, 9.17) is 9.66 Å². The summed E-state index contributed by atoms with van der Waals surface area (Å²) >= 11 is 0. The van der Waals surface area contributed by atoms with Crippen LogP contribution in [0.2, 0.25) is 0 Å². The van der Waals surface area contributed by atoms with E-state index in [1.165, 1.54) is 12.1 Å². The normalized spacial score (nSPS) is 20.7. The minimum absolute atomic E-state index is 0.00541. The van der Waals surface area contributed by atoms with E-state index in [1.54, 1.807) is 12.1 Å². The van der Waals surface area contributed by atoms with Gasteiger partial charge in [0.05, 0.1) is 4.90 Å². The molecule has 1 aliphatic rings. The van der Waals surface area contributed by atoms with Crippen molar-refractivity contribution in [2.75, 3.05) is 0 Å². The standard InChI is InChI=1S/C14H15F2N3O3S/c15-14(16)5-4-10(8-14)13-18-12(19-22-13)7-9-2-1-3-11(6-9)23(17,20)21/h1-3,6,10H,4-5,7-8H2,(H2,17,20,21). The number of hydrogen-bond donors (Lipinski definition) is 1. The first-order chi connectivity index (χ1) is 10.7. The lowest BCUT2D eigenvalue weighted by Crippen LogP contribution is -2.12. The van der Waals surface area contributed by atoms with Gasteiger partial charge in [0.15, 0.2) is 5.82 Å². The monoisotopic (exact) mass is 343 g/mol. The summed E-state index contributed by atoms with van der Waals surface area (Å²) in [5.41, 5.74) is 0.639. The number of rotatable bonds is 4. The maximum Gasteiger partial charge on any atom is 0.248 e. The van der Waals surface area contributed by atoms with Gasteiger partial charge in [-0.05, 0) is 24.1 Å². The van der Waals surface area contributed by atoms with Crippen molar-refractivity contribution in [3.8, 4) is 0 Å². The molecule has 1 saturated carbocycles. The minimum atomic E-state index is -3.79. The predicted molar refractivity (Wildman–Crippen MR) is 76.5 cm³/mol. The van der Waals surface area contributed by atoms with Crippen LogP contribution in [0.1, 0.15) is 42.5 Å². The molecule has 124 valence electrons. The summed E-state index contributed by atoms with van der Waals surface area (Å²) in [7, 11) is -3.79. The van der Waals surface area contributed by atoms with Crippen LogP contribution in [0.15, 0.2) is 33.7 Å². The van der Waals surface area contributed by atoms with Gasteiger partial charge >= 0.3 is 0 Å². The molecule has 1 atom stereocenters. The second-order valence-corrected chi connectivity index (χ2v) is 7.28. The molecule has 0 aliphatic heterocycles. The van der Waals surface area contributed by atoms with Crippen LogP contribution in [-0.2, 0) is 16.4 Å². The number of sulfonamides is 1. The number of aromatic nitrogens is 2. The number of alkyl halides is 2. The van der Waals surface area contributed by atoms with E-state index in [1.807, 2.05) is 0 Å². The summed E-state index contributed by atoms with van der Waals surface area (Å²) in [4.78, 5) is 4.15. The number of hydrogen-bond acceptors (Lipinski definition) is 5.